The highest BCUT2D eigenvalue weighted by Gasteiger charge is 2.28. The predicted octanol–water partition coefficient (Wildman–Crippen LogP) is 5.76. The van der Waals surface area contributed by atoms with Crippen molar-refractivity contribution in [3.05, 3.63) is 63.5 Å². The molecule has 1 aliphatic rings. The number of fused-ring (bicyclic) bond motifs is 1. The van der Waals surface area contributed by atoms with Crippen molar-refractivity contribution in [1.82, 2.24) is 0 Å². The predicted molar refractivity (Wildman–Crippen MR) is 132 cm³/mol. The lowest BCUT2D eigenvalue weighted by Gasteiger charge is -2.32. The minimum atomic E-state index is -4.08. The van der Waals surface area contributed by atoms with Crippen molar-refractivity contribution in [3.63, 3.8) is 0 Å². The van der Waals surface area contributed by atoms with Gasteiger partial charge in [-0.2, -0.15) is 0 Å². The van der Waals surface area contributed by atoms with Gasteiger partial charge in [-0.25, -0.2) is 16.8 Å². The maximum atomic E-state index is 13.2. The van der Waals surface area contributed by atoms with Crippen LogP contribution >= 0.6 is 34.5 Å². The van der Waals surface area contributed by atoms with Crippen LogP contribution in [0.1, 0.15) is 25.8 Å². The van der Waals surface area contributed by atoms with Crippen LogP contribution in [0.4, 0.5) is 11.4 Å². The second kappa shape index (κ2) is 8.66. The van der Waals surface area contributed by atoms with Gasteiger partial charge in [-0.3, -0.25) is 9.44 Å². The molecular weight excluding hydrogens is 527 g/mol. The number of halogens is 2. The van der Waals surface area contributed by atoms with E-state index in [4.69, 9.17) is 27.9 Å². The molecule has 0 saturated heterocycles. The summed E-state index contributed by atoms with van der Waals surface area (Å²) in [6.45, 7) is 3.95. The zero-order valence-electron chi connectivity index (χ0n) is 17.6. The summed E-state index contributed by atoms with van der Waals surface area (Å²) in [5.41, 5.74) is 0.356. The first-order chi connectivity index (χ1) is 15.4. The van der Waals surface area contributed by atoms with Crippen molar-refractivity contribution in [2.24, 2.45) is 0 Å². The highest BCUT2D eigenvalue weighted by molar-refractivity contribution is 7.94. The first-order valence-corrected chi connectivity index (χ1v) is 14.4. The van der Waals surface area contributed by atoms with Gasteiger partial charge in [0, 0.05) is 0 Å². The Morgan fingerprint density at radius 1 is 0.939 bits per heavy atom. The molecule has 0 radical (unpaired) electrons. The second-order valence-corrected chi connectivity index (χ2v) is 13.4. The Morgan fingerprint density at radius 3 is 2.18 bits per heavy atom. The SMILES string of the molecule is CC1(C)CCc2cc(S(=O)(=O)Nc3cc(Cl)c(Cl)cc3NS(=O)(=O)c3cccs3)ccc2O1. The van der Waals surface area contributed by atoms with Gasteiger partial charge in [0.25, 0.3) is 20.0 Å². The number of hydrogen-bond acceptors (Lipinski definition) is 6. The van der Waals surface area contributed by atoms with Gasteiger partial charge < -0.3 is 4.74 Å². The molecule has 4 rings (SSSR count). The van der Waals surface area contributed by atoms with Gasteiger partial charge in [0.05, 0.1) is 26.3 Å². The molecule has 0 atom stereocenters. The standard InChI is InChI=1S/C21H20Cl2N2O5S3/c1-21(2)8-7-13-10-14(5-6-19(13)30-21)32(26,27)24-17-11-15(22)16(23)12-18(17)25-33(28,29)20-4-3-9-31-20/h3-6,9-12,24-25H,7-8H2,1-2H3. The molecular formula is C21H20Cl2N2O5S3. The zero-order valence-corrected chi connectivity index (χ0v) is 21.5. The highest BCUT2D eigenvalue weighted by atomic mass is 35.5. The Kier molecular flexibility index (Phi) is 6.34. The molecule has 0 saturated carbocycles. The summed E-state index contributed by atoms with van der Waals surface area (Å²) in [6, 6.07) is 10.2. The fraction of sp³-hybridized carbons (Fsp3) is 0.238. The molecule has 0 aliphatic carbocycles. The lowest BCUT2D eigenvalue weighted by molar-refractivity contribution is 0.0845. The van der Waals surface area contributed by atoms with E-state index in [2.05, 4.69) is 9.44 Å². The third-order valence-electron chi connectivity index (χ3n) is 5.03. The lowest BCUT2D eigenvalue weighted by Crippen LogP contribution is -2.32. The van der Waals surface area contributed by atoms with Crippen LogP contribution in [-0.4, -0.2) is 22.4 Å². The van der Waals surface area contributed by atoms with Gasteiger partial charge in [-0.1, -0.05) is 29.3 Å². The van der Waals surface area contributed by atoms with Crippen LogP contribution in [-0.2, 0) is 26.5 Å². The van der Waals surface area contributed by atoms with Crippen LogP contribution in [0.3, 0.4) is 0 Å². The number of ether oxygens (including phenoxy) is 1. The molecule has 0 fully saturated rings. The van der Waals surface area contributed by atoms with Gasteiger partial charge in [0.15, 0.2) is 0 Å². The molecule has 33 heavy (non-hydrogen) atoms. The highest BCUT2D eigenvalue weighted by Crippen LogP contribution is 2.37. The van der Waals surface area contributed by atoms with Gasteiger partial charge >= 0.3 is 0 Å². The Labute approximate surface area is 206 Å². The molecule has 12 heteroatoms. The Balaban J connectivity index is 1.68. The normalized spacial score (nSPS) is 15.4. The number of rotatable bonds is 6. The fourth-order valence-electron chi connectivity index (χ4n) is 3.33. The van der Waals surface area contributed by atoms with Gasteiger partial charge in [-0.05, 0) is 74.0 Å². The zero-order chi connectivity index (χ0) is 24.0. The largest absolute Gasteiger partial charge is 0.488 e. The van der Waals surface area contributed by atoms with E-state index in [1.165, 1.54) is 24.3 Å². The summed E-state index contributed by atoms with van der Waals surface area (Å²) >= 11 is 13.2. The Hall–Kier alpha value is -1.98. The van der Waals surface area contributed by atoms with Crippen LogP contribution in [0.2, 0.25) is 10.0 Å². The maximum absolute atomic E-state index is 13.2. The number of benzene rings is 2. The van der Waals surface area contributed by atoms with Gasteiger partial charge in [0.1, 0.15) is 15.6 Å². The third-order valence-corrected chi connectivity index (χ3v) is 9.88. The van der Waals surface area contributed by atoms with Crippen LogP contribution in [0.25, 0.3) is 0 Å². The lowest BCUT2D eigenvalue weighted by atomic mass is 9.94. The number of hydrogen-bond donors (Lipinski definition) is 2. The smallest absolute Gasteiger partial charge is 0.271 e. The van der Waals surface area contributed by atoms with Crippen molar-refractivity contribution in [2.75, 3.05) is 9.44 Å². The molecule has 2 heterocycles. The molecule has 1 aromatic heterocycles. The molecule has 3 aromatic rings. The van der Waals surface area contributed by atoms with E-state index in [1.807, 2.05) is 13.8 Å². The maximum Gasteiger partial charge on any atom is 0.271 e. The number of sulfonamides is 2. The average Bonchev–Trinajstić information content (AvgIpc) is 3.26. The van der Waals surface area contributed by atoms with Crippen molar-refractivity contribution >= 4 is 66.0 Å². The van der Waals surface area contributed by atoms with Crippen molar-refractivity contribution in [3.8, 4) is 5.75 Å². The monoisotopic (exact) mass is 546 g/mol. The fourth-order valence-corrected chi connectivity index (χ4v) is 6.84. The topological polar surface area (TPSA) is 102 Å². The van der Waals surface area contributed by atoms with E-state index < -0.39 is 20.0 Å². The van der Waals surface area contributed by atoms with E-state index >= 15 is 0 Å². The van der Waals surface area contributed by atoms with Crippen LogP contribution in [0, 0.1) is 0 Å². The molecule has 2 aromatic carbocycles. The van der Waals surface area contributed by atoms with E-state index in [1.54, 1.807) is 23.6 Å². The first kappa shape index (κ1) is 24.2. The number of aryl methyl sites for hydroxylation is 1. The number of thiophene rings is 1. The summed E-state index contributed by atoms with van der Waals surface area (Å²) in [4.78, 5) is 0.0164. The molecule has 1 aliphatic heterocycles. The molecule has 2 N–H and O–H groups in total. The first-order valence-electron chi connectivity index (χ1n) is 9.76. The molecule has 0 spiro atoms. The summed E-state index contributed by atoms with van der Waals surface area (Å²) < 4.78 is 62.5. The van der Waals surface area contributed by atoms with Crippen LogP contribution in [0.5, 0.6) is 5.75 Å². The number of anilines is 2. The van der Waals surface area contributed by atoms with Crippen molar-refractivity contribution in [2.45, 2.75) is 41.4 Å². The molecule has 176 valence electrons. The Bertz CT molecular complexity index is 1420. The van der Waals surface area contributed by atoms with Crippen LogP contribution in [0.15, 0.2) is 56.9 Å². The van der Waals surface area contributed by atoms with Gasteiger partial charge in [0.2, 0.25) is 0 Å². The van der Waals surface area contributed by atoms with E-state index in [0.717, 1.165) is 23.3 Å². The summed E-state index contributed by atoms with van der Waals surface area (Å²) in [6.07, 6.45) is 1.42. The summed E-state index contributed by atoms with van der Waals surface area (Å²) in [5, 5.41) is 1.75. The molecule has 0 amide bonds. The summed E-state index contributed by atoms with van der Waals surface area (Å²) in [5.74, 6) is 0.643. The van der Waals surface area contributed by atoms with Crippen molar-refractivity contribution in [1.29, 1.82) is 0 Å². The Morgan fingerprint density at radius 2 is 1.58 bits per heavy atom. The van der Waals surface area contributed by atoms with E-state index in [-0.39, 0.29) is 36.1 Å². The third kappa shape index (κ3) is 5.25. The molecule has 0 bridgehead atoms. The molecule has 7 nitrogen and oxygen atoms in total. The van der Waals surface area contributed by atoms with Crippen LogP contribution < -0.4 is 14.2 Å². The van der Waals surface area contributed by atoms with Gasteiger partial charge in [-0.15, -0.1) is 11.3 Å². The van der Waals surface area contributed by atoms with E-state index in [9.17, 15) is 16.8 Å². The summed E-state index contributed by atoms with van der Waals surface area (Å²) in [7, 11) is -8.03. The minimum Gasteiger partial charge on any atom is -0.488 e. The van der Waals surface area contributed by atoms with Crippen molar-refractivity contribution < 1.29 is 21.6 Å². The second-order valence-electron chi connectivity index (χ2n) is 8.09. The quantitative estimate of drug-likeness (QED) is 0.409. The number of nitrogens with one attached hydrogen (secondary N) is 2. The average molecular weight is 548 g/mol. The molecule has 0 unspecified atom stereocenters. The van der Waals surface area contributed by atoms with E-state index in [0.29, 0.717) is 12.2 Å². The minimum absolute atomic E-state index is 0.0164.